The molecule has 3 N–H and O–H groups in total. The fraction of sp³-hybridized carbons (Fsp3) is 0.400. The van der Waals surface area contributed by atoms with Gasteiger partial charge in [0.15, 0.2) is 0 Å². The van der Waals surface area contributed by atoms with Gasteiger partial charge in [0.1, 0.15) is 0 Å². The first-order valence-corrected chi connectivity index (χ1v) is 4.18. The van der Waals surface area contributed by atoms with E-state index in [0.717, 1.165) is 5.56 Å². The Morgan fingerprint density at radius 3 is 2.42 bits per heavy atom. The van der Waals surface area contributed by atoms with E-state index >= 15 is 0 Å². The Kier molecular flexibility index (Phi) is 3.26. The van der Waals surface area contributed by atoms with Gasteiger partial charge in [0.2, 0.25) is 0 Å². The topological polar surface area (TPSA) is 46.2 Å². The molecule has 0 aliphatic rings. The van der Waals surface area contributed by atoms with Crippen LogP contribution in [0, 0.1) is 0 Å². The molecule has 0 unspecified atom stereocenters. The van der Waals surface area contributed by atoms with Crippen molar-refractivity contribution >= 4 is 0 Å². The molecule has 0 amide bonds. The number of rotatable bonds is 3. The quantitative estimate of drug-likeness (QED) is 0.704. The minimum Gasteiger partial charge on any atom is -0.391 e. The SMILES string of the molecule is C[C@@H](c1ccccc1)[C@H](O)CN. The highest BCUT2D eigenvalue weighted by Gasteiger charge is 2.13. The average Bonchev–Trinajstić information content (AvgIpc) is 2.17. The maximum absolute atomic E-state index is 9.45. The van der Waals surface area contributed by atoms with E-state index in [4.69, 9.17) is 5.73 Å². The number of hydrogen-bond donors (Lipinski definition) is 2. The van der Waals surface area contributed by atoms with E-state index in [1.807, 2.05) is 37.3 Å². The lowest BCUT2D eigenvalue weighted by atomic mass is 9.96. The van der Waals surface area contributed by atoms with Crippen molar-refractivity contribution in [3.63, 3.8) is 0 Å². The van der Waals surface area contributed by atoms with Crippen LogP contribution in [0.1, 0.15) is 18.4 Å². The van der Waals surface area contributed by atoms with Gasteiger partial charge < -0.3 is 10.8 Å². The van der Waals surface area contributed by atoms with E-state index < -0.39 is 6.10 Å². The highest BCUT2D eigenvalue weighted by Crippen LogP contribution is 2.17. The third-order valence-electron chi connectivity index (χ3n) is 2.14. The molecule has 2 heteroatoms. The normalized spacial score (nSPS) is 15.6. The molecule has 0 heterocycles. The van der Waals surface area contributed by atoms with Crippen LogP contribution in [0.3, 0.4) is 0 Å². The molecule has 0 saturated heterocycles. The fourth-order valence-corrected chi connectivity index (χ4v) is 1.18. The zero-order valence-corrected chi connectivity index (χ0v) is 7.27. The lowest BCUT2D eigenvalue weighted by Crippen LogP contribution is -2.25. The van der Waals surface area contributed by atoms with Gasteiger partial charge in [0.25, 0.3) is 0 Å². The van der Waals surface area contributed by atoms with Crippen molar-refractivity contribution in [3.8, 4) is 0 Å². The van der Waals surface area contributed by atoms with Crippen molar-refractivity contribution in [1.29, 1.82) is 0 Å². The first-order chi connectivity index (χ1) is 5.75. The Bertz CT molecular complexity index is 223. The second-order valence-electron chi connectivity index (χ2n) is 3.00. The second kappa shape index (κ2) is 4.24. The summed E-state index contributed by atoms with van der Waals surface area (Å²) >= 11 is 0. The van der Waals surface area contributed by atoms with Crippen LogP contribution in [-0.4, -0.2) is 17.8 Å². The Morgan fingerprint density at radius 2 is 1.92 bits per heavy atom. The summed E-state index contributed by atoms with van der Waals surface area (Å²) < 4.78 is 0. The number of aliphatic hydroxyl groups excluding tert-OH is 1. The van der Waals surface area contributed by atoms with Gasteiger partial charge in [-0.1, -0.05) is 37.3 Å². The molecule has 2 nitrogen and oxygen atoms in total. The highest BCUT2D eigenvalue weighted by atomic mass is 16.3. The van der Waals surface area contributed by atoms with E-state index in [0.29, 0.717) is 6.54 Å². The number of benzene rings is 1. The summed E-state index contributed by atoms with van der Waals surface area (Å²) in [5.41, 5.74) is 6.49. The van der Waals surface area contributed by atoms with E-state index in [-0.39, 0.29) is 5.92 Å². The number of hydrogen-bond acceptors (Lipinski definition) is 2. The van der Waals surface area contributed by atoms with Gasteiger partial charge in [-0.2, -0.15) is 0 Å². The molecule has 0 saturated carbocycles. The molecule has 1 aromatic rings. The van der Waals surface area contributed by atoms with Gasteiger partial charge in [-0.3, -0.25) is 0 Å². The Morgan fingerprint density at radius 1 is 1.33 bits per heavy atom. The summed E-state index contributed by atoms with van der Waals surface area (Å²) in [5.74, 6) is 0.121. The molecule has 0 aromatic heterocycles. The van der Waals surface area contributed by atoms with E-state index in [1.54, 1.807) is 0 Å². The summed E-state index contributed by atoms with van der Waals surface area (Å²) in [4.78, 5) is 0. The maximum atomic E-state index is 9.45. The van der Waals surface area contributed by atoms with Crippen LogP contribution in [0.4, 0.5) is 0 Å². The van der Waals surface area contributed by atoms with Crippen molar-refractivity contribution in [3.05, 3.63) is 35.9 Å². The molecule has 0 fully saturated rings. The van der Waals surface area contributed by atoms with E-state index in [1.165, 1.54) is 0 Å². The third-order valence-corrected chi connectivity index (χ3v) is 2.14. The van der Waals surface area contributed by atoms with Crippen LogP contribution in [0.5, 0.6) is 0 Å². The van der Waals surface area contributed by atoms with Gasteiger partial charge >= 0.3 is 0 Å². The predicted molar refractivity (Wildman–Crippen MR) is 49.9 cm³/mol. The summed E-state index contributed by atoms with van der Waals surface area (Å²) in [6.45, 7) is 2.29. The monoisotopic (exact) mass is 165 g/mol. The minimum absolute atomic E-state index is 0.121. The van der Waals surface area contributed by atoms with Crippen LogP contribution in [0.25, 0.3) is 0 Å². The van der Waals surface area contributed by atoms with Crippen molar-refractivity contribution in [2.75, 3.05) is 6.54 Å². The van der Waals surface area contributed by atoms with Crippen molar-refractivity contribution in [2.24, 2.45) is 5.73 Å². The minimum atomic E-state index is -0.438. The fourth-order valence-electron chi connectivity index (χ4n) is 1.18. The molecular weight excluding hydrogens is 150 g/mol. The molecule has 2 atom stereocenters. The van der Waals surface area contributed by atoms with Crippen molar-refractivity contribution in [1.82, 2.24) is 0 Å². The molecule has 0 bridgehead atoms. The molecule has 0 aliphatic carbocycles. The largest absolute Gasteiger partial charge is 0.391 e. The van der Waals surface area contributed by atoms with E-state index in [9.17, 15) is 5.11 Å². The molecule has 0 spiro atoms. The molecule has 1 rings (SSSR count). The smallest absolute Gasteiger partial charge is 0.0728 e. The van der Waals surface area contributed by atoms with Gasteiger partial charge in [-0.25, -0.2) is 0 Å². The maximum Gasteiger partial charge on any atom is 0.0728 e. The third kappa shape index (κ3) is 2.06. The summed E-state index contributed by atoms with van der Waals surface area (Å²) in [6, 6.07) is 9.91. The molecular formula is C10H15NO. The molecule has 66 valence electrons. The lowest BCUT2D eigenvalue weighted by Gasteiger charge is -2.16. The van der Waals surface area contributed by atoms with Crippen LogP contribution >= 0.6 is 0 Å². The predicted octanol–water partition coefficient (Wildman–Crippen LogP) is 1.11. The molecule has 0 aliphatic heterocycles. The summed E-state index contributed by atoms with van der Waals surface area (Å²) in [6.07, 6.45) is -0.438. The first kappa shape index (κ1) is 9.23. The molecule has 1 aromatic carbocycles. The zero-order valence-electron chi connectivity index (χ0n) is 7.27. The Hall–Kier alpha value is -0.860. The van der Waals surface area contributed by atoms with Crippen LogP contribution in [0.2, 0.25) is 0 Å². The summed E-state index contributed by atoms with van der Waals surface area (Å²) in [7, 11) is 0. The Balaban J connectivity index is 2.71. The number of nitrogens with two attached hydrogens (primary N) is 1. The lowest BCUT2D eigenvalue weighted by molar-refractivity contribution is 0.157. The molecule has 12 heavy (non-hydrogen) atoms. The van der Waals surface area contributed by atoms with Gasteiger partial charge in [0.05, 0.1) is 6.10 Å². The van der Waals surface area contributed by atoms with Crippen LogP contribution in [-0.2, 0) is 0 Å². The zero-order chi connectivity index (χ0) is 8.97. The van der Waals surface area contributed by atoms with E-state index in [2.05, 4.69) is 0 Å². The molecule has 0 radical (unpaired) electrons. The van der Waals surface area contributed by atoms with Crippen molar-refractivity contribution < 1.29 is 5.11 Å². The summed E-state index contributed by atoms with van der Waals surface area (Å²) in [5, 5.41) is 9.45. The van der Waals surface area contributed by atoms with Gasteiger partial charge in [-0.05, 0) is 5.56 Å². The standard InChI is InChI=1S/C10H15NO/c1-8(10(12)7-11)9-5-3-2-4-6-9/h2-6,8,10,12H,7,11H2,1H3/t8-,10+/m0/s1. The van der Waals surface area contributed by atoms with Crippen molar-refractivity contribution in [2.45, 2.75) is 18.9 Å². The first-order valence-electron chi connectivity index (χ1n) is 4.18. The van der Waals surface area contributed by atoms with Crippen LogP contribution in [0.15, 0.2) is 30.3 Å². The number of aliphatic hydroxyl groups is 1. The highest BCUT2D eigenvalue weighted by molar-refractivity contribution is 5.19. The van der Waals surface area contributed by atoms with Gasteiger partial charge in [0, 0.05) is 12.5 Å². The average molecular weight is 165 g/mol. The Labute approximate surface area is 73.0 Å². The second-order valence-corrected chi connectivity index (χ2v) is 3.00. The van der Waals surface area contributed by atoms with Crippen LogP contribution < -0.4 is 5.73 Å². The van der Waals surface area contributed by atoms with Gasteiger partial charge in [-0.15, -0.1) is 0 Å².